The van der Waals surface area contributed by atoms with Crippen LogP contribution in [0.15, 0.2) is 48.8 Å². The molecule has 2 heterocycles. The van der Waals surface area contributed by atoms with Gasteiger partial charge in [0.05, 0.1) is 11.7 Å². The summed E-state index contributed by atoms with van der Waals surface area (Å²) in [6.07, 6.45) is 4.04. The van der Waals surface area contributed by atoms with Gasteiger partial charge in [-0.25, -0.2) is 4.98 Å². The fourth-order valence-electron chi connectivity index (χ4n) is 2.09. The maximum absolute atomic E-state index is 4.51. The largest absolute Gasteiger partial charge is 0.300 e. The molecular weight excluding hydrogens is 208 g/mol. The van der Waals surface area contributed by atoms with Crippen molar-refractivity contribution >= 4 is 5.52 Å². The van der Waals surface area contributed by atoms with E-state index in [0.717, 1.165) is 16.9 Å². The van der Waals surface area contributed by atoms with Gasteiger partial charge in [0.2, 0.25) is 0 Å². The van der Waals surface area contributed by atoms with Crippen LogP contribution < -0.4 is 0 Å². The van der Waals surface area contributed by atoms with Gasteiger partial charge in [0, 0.05) is 11.8 Å². The molecule has 3 rings (SSSR count). The number of nitrogens with zero attached hydrogens (tertiary/aromatic N) is 2. The minimum atomic E-state index is 1.01. The van der Waals surface area contributed by atoms with Crippen LogP contribution in [0.5, 0.6) is 0 Å². The first-order valence-corrected chi connectivity index (χ1v) is 5.75. The van der Waals surface area contributed by atoms with Crippen molar-refractivity contribution in [1.29, 1.82) is 0 Å². The molecule has 0 bridgehead atoms. The molecular formula is C15H14N2. The molecule has 2 nitrogen and oxygen atoms in total. The van der Waals surface area contributed by atoms with E-state index in [1.807, 2.05) is 6.20 Å². The van der Waals surface area contributed by atoms with E-state index in [-0.39, 0.29) is 0 Å². The molecule has 0 aliphatic carbocycles. The summed E-state index contributed by atoms with van der Waals surface area (Å²) in [7, 11) is 0. The molecule has 2 aromatic heterocycles. The number of aryl methyl sites for hydroxylation is 2. The van der Waals surface area contributed by atoms with E-state index in [4.69, 9.17) is 0 Å². The van der Waals surface area contributed by atoms with Gasteiger partial charge in [0.25, 0.3) is 0 Å². The van der Waals surface area contributed by atoms with Crippen molar-refractivity contribution in [2.75, 3.05) is 0 Å². The molecule has 0 saturated heterocycles. The highest BCUT2D eigenvalue weighted by Crippen LogP contribution is 2.21. The second-order valence-corrected chi connectivity index (χ2v) is 4.45. The van der Waals surface area contributed by atoms with Crippen LogP contribution in [0, 0.1) is 13.8 Å². The molecule has 0 N–H and O–H groups in total. The Bertz CT molecular complexity index is 680. The first-order chi connectivity index (χ1) is 8.24. The molecule has 0 aliphatic rings. The second kappa shape index (κ2) is 3.74. The Labute approximate surface area is 101 Å². The van der Waals surface area contributed by atoms with E-state index >= 15 is 0 Å². The van der Waals surface area contributed by atoms with Crippen LogP contribution in [0.2, 0.25) is 0 Å². The van der Waals surface area contributed by atoms with Gasteiger partial charge < -0.3 is 0 Å². The van der Waals surface area contributed by atoms with Crippen LogP contribution in [0.4, 0.5) is 0 Å². The number of benzene rings is 1. The maximum atomic E-state index is 4.51. The molecule has 0 spiro atoms. The average Bonchev–Trinajstić information content (AvgIpc) is 2.71. The van der Waals surface area contributed by atoms with Gasteiger partial charge in [0.15, 0.2) is 0 Å². The van der Waals surface area contributed by atoms with Crippen molar-refractivity contribution < 1.29 is 0 Å². The lowest BCUT2D eigenvalue weighted by molar-refractivity contribution is 1.14. The lowest BCUT2D eigenvalue weighted by Crippen LogP contribution is -1.90. The number of aromatic nitrogens is 2. The Kier molecular flexibility index (Phi) is 2.22. The van der Waals surface area contributed by atoms with E-state index in [1.54, 1.807) is 0 Å². The van der Waals surface area contributed by atoms with Gasteiger partial charge in [-0.2, -0.15) is 0 Å². The van der Waals surface area contributed by atoms with Crippen LogP contribution in [-0.4, -0.2) is 9.38 Å². The van der Waals surface area contributed by atoms with E-state index in [1.165, 1.54) is 11.1 Å². The fraction of sp³-hybridized carbons (Fsp3) is 0.133. The highest BCUT2D eigenvalue weighted by atomic mass is 15.0. The van der Waals surface area contributed by atoms with E-state index < -0.39 is 0 Å². The van der Waals surface area contributed by atoms with Crippen molar-refractivity contribution in [2.24, 2.45) is 0 Å². The monoisotopic (exact) mass is 222 g/mol. The molecule has 0 aliphatic heterocycles. The van der Waals surface area contributed by atoms with Crippen molar-refractivity contribution in [1.82, 2.24) is 9.38 Å². The quantitative estimate of drug-likeness (QED) is 0.614. The Morgan fingerprint density at radius 3 is 2.71 bits per heavy atom. The average molecular weight is 222 g/mol. The molecule has 0 fully saturated rings. The molecule has 2 heteroatoms. The first kappa shape index (κ1) is 10.1. The minimum Gasteiger partial charge on any atom is -0.300 e. The highest BCUT2D eigenvalue weighted by Gasteiger charge is 2.05. The zero-order valence-electron chi connectivity index (χ0n) is 10.0. The zero-order chi connectivity index (χ0) is 11.8. The number of imidazole rings is 1. The third kappa shape index (κ3) is 1.72. The summed E-state index contributed by atoms with van der Waals surface area (Å²) in [6, 6.07) is 12.6. The normalized spacial score (nSPS) is 10.9. The van der Waals surface area contributed by atoms with Gasteiger partial charge in [0.1, 0.15) is 5.82 Å². The Morgan fingerprint density at radius 2 is 1.88 bits per heavy atom. The molecule has 0 unspecified atom stereocenters. The molecule has 0 atom stereocenters. The Balaban J connectivity index is 2.27. The number of pyridine rings is 1. The zero-order valence-corrected chi connectivity index (χ0v) is 10.0. The van der Waals surface area contributed by atoms with Crippen molar-refractivity contribution in [3.8, 4) is 11.4 Å². The second-order valence-electron chi connectivity index (χ2n) is 4.45. The van der Waals surface area contributed by atoms with Gasteiger partial charge in [-0.15, -0.1) is 0 Å². The SMILES string of the molecule is Cc1cccc(-c2ncc3ccc(C)cn23)c1. The number of fused-ring (bicyclic) bond motifs is 1. The van der Waals surface area contributed by atoms with Gasteiger partial charge >= 0.3 is 0 Å². The van der Waals surface area contributed by atoms with E-state index in [2.05, 4.69) is 65.8 Å². The van der Waals surface area contributed by atoms with Crippen LogP contribution in [0.1, 0.15) is 11.1 Å². The summed E-state index contributed by atoms with van der Waals surface area (Å²) < 4.78 is 2.14. The molecule has 0 amide bonds. The maximum Gasteiger partial charge on any atom is 0.144 e. The molecule has 0 saturated carbocycles. The lowest BCUT2D eigenvalue weighted by atomic mass is 10.1. The van der Waals surface area contributed by atoms with E-state index in [9.17, 15) is 0 Å². The van der Waals surface area contributed by atoms with Crippen molar-refractivity contribution in [2.45, 2.75) is 13.8 Å². The van der Waals surface area contributed by atoms with Gasteiger partial charge in [-0.3, -0.25) is 4.40 Å². The lowest BCUT2D eigenvalue weighted by Gasteiger charge is -2.03. The molecule has 84 valence electrons. The summed E-state index contributed by atoms with van der Waals surface area (Å²) in [4.78, 5) is 4.51. The molecule has 17 heavy (non-hydrogen) atoms. The van der Waals surface area contributed by atoms with Crippen LogP contribution in [0.3, 0.4) is 0 Å². The predicted octanol–water partition coefficient (Wildman–Crippen LogP) is 3.62. The standard InChI is InChI=1S/C15H14N2/c1-11-4-3-5-13(8-11)15-16-9-14-7-6-12(2)10-17(14)15/h3-10H,1-2H3. The number of hydrogen-bond donors (Lipinski definition) is 0. The number of hydrogen-bond acceptors (Lipinski definition) is 1. The Hall–Kier alpha value is -2.09. The van der Waals surface area contributed by atoms with Crippen LogP contribution in [-0.2, 0) is 0 Å². The smallest absolute Gasteiger partial charge is 0.144 e. The van der Waals surface area contributed by atoms with Gasteiger partial charge in [-0.1, -0.05) is 29.8 Å². The third-order valence-electron chi connectivity index (χ3n) is 2.95. The number of rotatable bonds is 1. The molecule has 3 aromatic rings. The van der Waals surface area contributed by atoms with Gasteiger partial charge in [-0.05, 0) is 31.5 Å². The van der Waals surface area contributed by atoms with Crippen LogP contribution >= 0.6 is 0 Å². The summed E-state index contributed by atoms with van der Waals surface area (Å²) >= 11 is 0. The minimum absolute atomic E-state index is 1.01. The summed E-state index contributed by atoms with van der Waals surface area (Å²) in [5.74, 6) is 1.01. The van der Waals surface area contributed by atoms with E-state index in [0.29, 0.717) is 0 Å². The first-order valence-electron chi connectivity index (χ1n) is 5.75. The van der Waals surface area contributed by atoms with Crippen molar-refractivity contribution in [3.05, 3.63) is 59.9 Å². The summed E-state index contributed by atoms with van der Waals surface area (Å²) in [5.41, 5.74) is 4.79. The third-order valence-corrected chi connectivity index (χ3v) is 2.95. The predicted molar refractivity (Wildman–Crippen MR) is 70.1 cm³/mol. The molecule has 0 radical (unpaired) electrons. The Morgan fingerprint density at radius 1 is 1.00 bits per heavy atom. The topological polar surface area (TPSA) is 17.3 Å². The summed E-state index contributed by atoms with van der Waals surface area (Å²) in [6.45, 7) is 4.20. The van der Waals surface area contributed by atoms with Crippen molar-refractivity contribution in [3.63, 3.8) is 0 Å². The fourth-order valence-corrected chi connectivity index (χ4v) is 2.09. The van der Waals surface area contributed by atoms with Crippen LogP contribution in [0.25, 0.3) is 16.9 Å². The highest BCUT2D eigenvalue weighted by molar-refractivity contribution is 5.63. The summed E-state index contributed by atoms with van der Waals surface area (Å²) in [5, 5.41) is 0. The molecule has 1 aromatic carbocycles.